The van der Waals surface area contributed by atoms with Crippen LogP contribution in [0.5, 0.6) is 5.75 Å². The Bertz CT molecular complexity index is 301. The van der Waals surface area contributed by atoms with Gasteiger partial charge < -0.3 is 15.5 Å². The summed E-state index contributed by atoms with van der Waals surface area (Å²) in [5.74, 6) is 0.378. The van der Waals surface area contributed by atoms with E-state index in [4.69, 9.17) is 0 Å². The minimum absolute atomic E-state index is 0.118. The molecule has 0 bridgehead atoms. The predicted octanol–water partition coefficient (Wildman–Crippen LogP) is 0.440. The first-order valence-corrected chi connectivity index (χ1v) is 4.45. The summed E-state index contributed by atoms with van der Waals surface area (Å²) < 4.78 is 0. The van der Waals surface area contributed by atoms with Crippen molar-refractivity contribution in [3.63, 3.8) is 0 Å². The molecule has 1 heterocycles. The summed E-state index contributed by atoms with van der Waals surface area (Å²) >= 11 is 0. The Morgan fingerprint density at radius 1 is 1.31 bits per heavy atom. The zero-order valence-corrected chi connectivity index (χ0v) is 7.27. The van der Waals surface area contributed by atoms with Crippen LogP contribution in [-0.2, 0) is 0 Å². The number of aliphatic hydroxyl groups excluding tert-OH is 1. The Morgan fingerprint density at radius 2 is 2.15 bits per heavy atom. The third-order valence-electron chi connectivity index (χ3n) is 2.48. The quantitative estimate of drug-likeness (QED) is 0.586. The van der Waals surface area contributed by atoms with Crippen LogP contribution in [0.4, 0.5) is 0 Å². The Morgan fingerprint density at radius 3 is 2.77 bits per heavy atom. The zero-order chi connectivity index (χ0) is 9.26. The monoisotopic (exact) mass is 179 g/mol. The average molecular weight is 179 g/mol. The molecule has 3 N–H and O–H groups in total. The van der Waals surface area contributed by atoms with Crippen LogP contribution in [0.2, 0.25) is 0 Å². The first kappa shape index (κ1) is 8.53. The lowest BCUT2D eigenvalue weighted by Gasteiger charge is -2.13. The summed E-state index contributed by atoms with van der Waals surface area (Å²) in [6.45, 7) is 1.42. The molecular weight excluding hydrogens is 166 g/mol. The Hall–Kier alpha value is -1.06. The van der Waals surface area contributed by atoms with Gasteiger partial charge in [-0.05, 0) is 17.7 Å². The maximum Gasteiger partial charge on any atom is 0.115 e. The van der Waals surface area contributed by atoms with E-state index in [0.717, 1.165) is 12.1 Å². The normalized spacial score (nSPS) is 27.8. The van der Waals surface area contributed by atoms with Gasteiger partial charge in [-0.15, -0.1) is 0 Å². The van der Waals surface area contributed by atoms with E-state index in [1.807, 2.05) is 6.07 Å². The molecule has 0 aliphatic carbocycles. The lowest BCUT2D eigenvalue weighted by Crippen LogP contribution is -2.15. The highest BCUT2D eigenvalue weighted by atomic mass is 16.3. The molecule has 1 aliphatic rings. The number of phenolic OH excluding ortho intramolecular Hbond substituents is 1. The summed E-state index contributed by atoms with van der Waals surface area (Å²) in [5, 5.41) is 22.0. The van der Waals surface area contributed by atoms with E-state index in [1.54, 1.807) is 18.2 Å². The van der Waals surface area contributed by atoms with Crippen LogP contribution in [0.25, 0.3) is 0 Å². The van der Waals surface area contributed by atoms with Crippen LogP contribution in [0, 0.1) is 0 Å². The van der Waals surface area contributed by atoms with Crippen LogP contribution in [-0.4, -0.2) is 29.4 Å². The fourth-order valence-electron chi connectivity index (χ4n) is 1.76. The molecule has 2 unspecified atom stereocenters. The third kappa shape index (κ3) is 1.66. The maximum atomic E-state index is 9.59. The largest absolute Gasteiger partial charge is 0.508 e. The van der Waals surface area contributed by atoms with Crippen molar-refractivity contribution < 1.29 is 10.2 Å². The van der Waals surface area contributed by atoms with Gasteiger partial charge in [-0.3, -0.25) is 0 Å². The molecular formula is C10H13NO2. The number of aromatic hydroxyl groups is 1. The van der Waals surface area contributed by atoms with Gasteiger partial charge in [0.15, 0.2) is 0 Å². The lowest BCUT2D eigenvalue weighted by molar-refractivity contribution is 0.177. The van der Waals surface area contributed by atoms with Crippen LogP contribution < -0.4 is 5.32 Å². The van der Waals surface area contributed by atoms with E-state index < -0.39 is 0 Å². The van der Waals surface area contributed by atoms with Gasteiger partial charge in [-0.2, -0.15) is 0 Å². The Balaban J connectivity index is 2.24. The fourth-order valence-corrected chi connectivity index (χ4v) is 1.76. The predicted molar refractivity (Wildman–Crippen MR) is 49.7 cm³/mol. The minimum Gasteiger partial charge on any atom is -0.508 e. The fraction of sp³-hybridized carbons (Fsp3) is 0.400. The maximum absolute atomic E-state index is 9.59. The first-order chi connectivity index (χ1) is 6.27. The molecule has 1 aliphatic heterocycles. The molecule has 0 saturated carbocycles. The number of phenols is 1. The molecule has 70 valence electrons. The zero-order valence-electron chi connectivity index (χ0n) is 7.27. The molecule has 2 atom stereocenters. The number of hydrogen-bond donors (Lipinski definition) is 3. The van der Waals surface area contributed by atoms with Crippen molar-refractivity contribution in [2.24, 2.45) is 0 Å². The van der Waals surface area contributed by atoms with Gasteiger partial charge in [0, 0.05) is 19.0 Å². The summed E-state index contributed by atoms with van der Waals surface area (Å²) in [4.78, 5) is 0. The standard InChI is InChI=1S/C10H13NO2/c12-8-3-1-2-7(4-8)9-5-11-6-10(9)13/h1-4,9-13H,5-6H2. The van der Waals surface area contributed by atoms with Gasteiger partial charge in [0.05, 0.1) is 6.10 Å². The van der Waals surface area contributed by atoms with Crippen LogP contribution in [0.15, 0.2) is 24.3 Å². The highest BCUT2D eigenvalue weighted by Gasteiger charge is 2.26. The van der Waals surface area contributed by atoms with E-state index in [-0.39, 0.29) is 17.8 Å². The van der Waals surface area contributed by atoms with Crippen molar-refractivity contribution in [1.82, 2.24) is 5.32 Å². The second-order valence-corrected chi connectivity index (χ2v) is 3.43. The number of hydrogen-bond acceptors (Lipinski definition) is 3. The number of β-amino-alcohol motifs (C(OH)–C–C–N with tert-alkyl or cyclic N) is 1. The summed E-state index contributed by atoms with van der Waals surface area (Å²) in [7, 11) is 0. The smallest absolute Gasteiger partial charge is 0.115 e. The summed E-state index contributed by atoms with van der Waals surface area (Å²) in [6, 6.07) is 7.08. The molecule has 1 saturated heterocycles. The van der Waals surface area contributed by atoms with Gasteiger partial charge in [0.25, 0.3) is 0 Å². The van der Waals surface area contributed by atoms with Gasteiger partial charge >= 0.3 is 0 Å². The molecule has 1 aromatic carbocycles. The molecule has 2 rings (SSSR count). The van der Waals surface area contributed by atoms with Crippen molar-refractivity contribution in [1.29, 1.82) is 0 Å². The van der Waals surface area contributed by atoms with Crippen molar-refractivity contribution in [3.8, 4) is 5.75 Å². The molecule has 1 fully saturated rings. The van der Waals surface area contributed by atoms with Crippen molar-refractivity contribution in [2.45, 2.75) is 12.0 Å². The Labute approximate surface area is 77.0 Å². The lowest BCUT2D eigenvalue weighted by atomic mass is 9.96. The average Bonchev–Trinajstić information content (AvgIpc) is 2.51. The first-order valence-electron chi connectivity index (χ1n) is 4.45. The van der Waals surface area contributed by atoms with Gasteiger partial charge in [-0.25, -0.2) is 0 Å². The van der Waals surface area contributed by atoms with Gasteiger partial charge in [0.2, 0.25) is 0 Å². The molecule has 13 heavy (non-hydrogen) atoms. The number of aliphatic hydroxyl groups is 1. The third-order valence-corrected chi connectivity index (χ3v) is 2.48. The highest BCUT2D eigenvalue weighted by Crippen LogP contribution is 2.25. The minimum atomic E-state index is -0.332. The number of rotatable bonds is 1. The molecule has 0 spiro atoms. The number of benzene rings is 1. The number of nitrogens with one attached hydrogen (secondary N) is 1. The van der Waals surface area contributed by atoms with Crippen LogP contribution in [0.1, 0.15) is 11.5 Å². The van der Waals surface area contributed by atoms with E-state index >= 15 is 0 Å². The van der Waals surface area contributed by atoms with Crippen molar-refractivity contribution >= 4 is 0 Å². The van der Waals surface area contributed by atoms with Gasteiger partial charge in [0.1, 0.15) is 5.75 Å². The van der Waals surface area contributed by atoms with E-state index in [0.29, 0.717) is 6.54 Å². The SMILES string of the molecule is Oc1cccc(C2CNCC2O)c1. The van der Waals surface area contributed by atoms with E-state index in [2.05, 4.69) is 5.32 Å². The molecule has 0 aromatic heterocycles. The topological polar surface area (TPSA) is 52.5 Å². The second kappa shape index (κ2) is 3.36. The molecule has 0 radical (unpaired) electrons. The van der Waals surface area contributed by atoms with Gasteiger partial charge in [-0.1, -0.05) is 12.1 Å². The van der Waals surface area contributed by atoms with E-state index in [1.165, 1.54) is 0 Å². The summed E-state index contributed by atoms with van der Waals surface area (Å²) in [6.07, 6.45) is -0.332. The highest BCUT2D eigenvalue weighted by molar-refractivity contribution is 5.31. The van der Waals surface area contributed by atoms with Crippen molar-refractivity contribution in [2.75, 3.05) is 13.1 Å². The molecule has 1 aromatic rings. The second-order valence-electron chi connectivity index (χ2n) is 3.43. The Kier molecular flexibility index (Phi) is 2.20. The van der Waals surface area contributed by atoms with Crippen LogP contribution in [0.3, 0.4) is 0 Å². The molecule has 3 heteroatoms. The summed E-state index contributed by atoms with van der Waals surface area (Å²) in [5.41, 5.74) is 0.998. The van der Waals surface area contributed by atoms with Crippen LogP contribution >= 0.6 is 0 Å². The molecule has 0 amide bonds. The molecule has 3 nitrogen and oxygen atoms in total. The van der Waals surface area contributed by atoms with E-state index in [9.17, 15) is 10.2 Å². The van der Waals surface area contributed by atoms with Crippen molar-refractivity contribution in [3.05, 3.63) is 29.8 Å².